The SMILES string of the molecule is CC(N)O[As](O)(O)OC(C)N. The molecule has 0 aromatic heterocycles. The monoisotopic (exact) mass is 229 g/mol. The molecular formula is C4H14AsN2O4. The minimum absolute atomic E-state index is 0.767. The normalized spacial score (nSPS) is 18.0. The van der Waals surface area contributed by atoms with E-state index in [1.165, 1.54) is 13.8 Å². The molecule has 2 atom stereocenters. The molecule has 1 radical (unpaired) electrons. The molecule has 6 N–H and O–H groups in total. The number of hydrogen-bond acceptors (Lipinski definition) is 6. The van der Waals surface area contributed by atoms with Crippen molar-refractivity contribution in [1.82, 2.24) is 0 Å². The van der Waals surface area contributed by atoms with Gasteiger partial charge in [0.05, 0.1) is 0 Å². The Balaban J connectivity index is 3.79. The molecule has 0 amide bonds. The molecule has 6 nitrogen and oxygen atoms in total. The Morgan fingerprint density at radius 3 is 1.55 bits per heavy atom. The van der Waals surface area contributed by atoms with Gasteiger partial charge in [0, 0.05) is 0 Å². The first-order chi connectivity index (χ1) is 4.83. The zero-order valence-corrected chi connectivity index (χ0v) is 8.34. The summed E-state index contributed by atoms with van der Waals surface area (Å²) in [5.41, 5.74) is 10.3. The van der Waals surface area contributed by atoms with Crippen LogP contribution in [0.5, 0.6) is 0 Å². The van der Waals surface area contributed by atoms with Crippen molar-refractivity contribution in [3.8, 4) is 0 Å². The molecule has 0 rings (SSSR count). The third kappa shape index (κ3) is 6.71. The molecular weight excluding hydrogens is 215 g/mol. The van der Waals surface area contributed by atoms with Crippen molar-refractivity contribution in [2.45, 2.75) is 26.3 Å². The summed E-state index contributed by atoms with van der Waals surface area (Å²) < 4.78 is 27.0. The predicted molar refractivity (Wildman–Crippen MR) is 39.7 cm³/mol. The van der Waals surface area contributed by atoms with Crippen molar-refractivity contribution in [3.63, 3.8) is 0 Å². The molecule has 0 heterocycles. The maximum absolute atomic E-state index is 8.98. The molecule has 69 valence electrons. The number of rotatable bonds is 4. The molecule has 0 fully saturated rings. The second-order valence-electron chi connectivity index (χ2n) is 2.11. The Kier molecular flexibility index (Phi) is 4.50. The van der Waals surface area contributed by atoms with Crippen LogP contribution in [0, 0.1) is 0 Å². The van der Waals surface area contributed by atoms with Crippen LogP contribution in [-0.2, 0) is 7.45 Å². The van der Waals surface area contributed by atoms with Crippen molar-refractivity contribution >= 4 is 14.9 Å². The van der Waals surface area contributed by atoms with Crippen LogP contribution in [0.3, 0.4) is 0 Å². The molecule has 0 saturated carbocycles. The summed E-state index contributed by atoms with van der Waals surface area (Å²) in [7, 11) is 0. The van der Waals surface area contributed by atoms with Gasteiger partial charge in [0.25, 0.3) is 0 Å². The van der Waals surface area contributed by atoms with Gasteiger partial charge in [0.2, 0.25) is 0 Å². The van der Waals surface area contributed by atoms with Crippen LogP contribution in [0.15, 0.2) is 0 Å². The van der Waals surface area contributed by atoms with E-state index in [9.17, 15) is 0 Å². The second kappa shape index (κ2) is 4.37. The van der Waals surface area contributed by atoms with Crippen LogP contribution in [0.2, 0.25) is 0 Å². The molecule has 0 aromatic carbocycles. The summed E-state index contributed by atoms with van der Waals surface area (Å²) >= 11 is -4.41. The molecule has 0 aliphatic heterocycles. The summed E-state index contributed by atoms with van der Waals surface area (Å²) in [6, 6.07) is 0. The fourth-order valence-electron chi connectivity index (χ4n) is 0.458. The van der Waals surface area contributed by atoms with Crippen LogP contribution >= 0.6 is 0 Å². The molecule has 7 heteroatoms. The first kappa shape index (κ1) is 11.3. The third-order valence-corrected chi connectivity index (χ3v) is 3.15. The van der Waals surface area contributed by atoms with Crippen LogP contribution in [-0.4, -0.2) is 35.6 Å². The minimum atomic E-state index is -4.41. The zero-order valence-electron chi connectivity index (χ0n) is 6.47. The quantitative estimate of drug-likeness (QED) is 0.329. The molecule has 0 spiro atoms. The van der Waals surface area contributed by atoms with Crippen LogP contribution in [0.1, 0.15) is 13.8 Å². The van der Waals surface area contributed by atoms with Crippen molar-refractivity contribution in [1.29, 1.82) is 0 Å². The van der Waals surface area contributed by atoms with Crippen molar-refractivity contribution in [2.75, 3.05) is 0 Å². The van der Waals surface area contributed by atoms with Gasteiger partial charge in [0.15, 0.2) is 0 Å². The fourth-order valence-corrected chi connectivity index (χ4v) is 2.38. The van der Waals surface area contributed by atoms with Gasteiger partial charge in [-0.25, -0.2) is 0 Å². The third-order valence-electron chi connectivity index (χ3n) is 0.607. The topological polar surface area (TPSA) is 111 Å². The van der Waals surface area contributed by atoms with Crippen molar-refractivity contribution < 1.29 is 15.6 Å². The van der Waals surface area contributed by atoms with E-state index >= 15 is 0 Å². The zero-order chi connectivity index (χ0) is 9.07. The number of hydrogen-bond donors (Lipinski definition) is 4. The molecule has 0 aromatic rings. The van der Waals surface area contributed by atoms with E-state index in [1.54, 1.807) is 0 Å². The Labute approximate surface area is 68.9 Å². The first-order valence-electron chi connectivity index (χ1n) is 3.06. The van der Waals surface area contributed by atoms with Crippen molar-refractivity contribution in [2.24, 2.45) is 11.5 Å². The maximum atomic E-state index is 8.98. The summed E-state index contributed by atoms with van der Waals surface area (Å²) in [6.07, 6.45) is -1.53. The van der Waals surface area contributed by atoms with Crippen LogP contribution in [0.4, 0.5) is 0 Å². The molecule has 0 bridgehead atoms. The van der Waals surface area contributed by atoms with Gasteiger partial charge in [-0.1, -0.05) is 0 Å². The fraction of sp³-hybridized carbons (Fsp3) is 1.00. The molecule has 0 aliphatic carbocycles. The molecule has 2 unspecified atom stereocenters. The van der Waals surface area contributed by atoms with E-state index in [-0.39, 0.29) is 0 Å². The molecule has 0 aliphatic rings. The Morgan fingerprint density at radius 1 is 1.09 bits per heavy atom. The van der Waals surface area contributed by atoms with E-state index < -0.39 is 27.4 Å². The summed E-state index contributed by atoms with van der Waals surface area (Å²) in [5, 5.41) is 0. The van der Waals surface area contributed by atoms with Gasteiger partial charge in [-0.15, -0.1) is 0 Å². The van der Waals surface area contributed by atoms with Gasteiger partial charge in [0.1, 0.15) is 0 Å². The number of nitrogens with two attached hydrogens (primary N) is 2. The molecule has 0 saturated heterocycles. The standard InChI is InChI=1S/C4H14AsN2O4/c1-3(6)10-5(8,9)11-4(2)7/h3-4,8-9H,6-7H2,1-2H3. The van der Waals surface area contributed by atoms with E-state index in [1.807, 2.05) is 0 Å². The summed E-state index contributed by atoms with van der Waals surface area (Å²) in [6.45, 7) is 2.93. The van der Waals surface area contributed by atoms with Crippen LogP contribution in [0.25, 0.3) is 0 Å². The molecule has 11 heavy (non-hydrogen) atoms. The first-order valence-corrected chi connectivity index (χ1v) is 6.27. The van der Waals surface area contributed by atoms with Gasteiger partial charge in [-0.05, 0) is 0 Å². The Hall–Kier alpha value is 0.318. The van der Waals surface area contributed by atoms with E-state index in [4.69, 9.17) is 19.7 Å². The summed E-state index contributed by atoms with van der Waals surface area (Å²) in [5.74, 6) is 0. The average molecular weight is 229 g/mol. The summed E-state index contributed by atoms with van der Waals surface area (Å²) in [4.78, 5) is 0. The Morgan fingerprint density at radius 2 is 1.36 bits per heavy atom. The van der Waals surface area contributed by atoms with E-state index in [0.717, 1.165) is 0 Å². The van der Waals surface area contributed by atoms with Gasteiger partial charge in [-0.3, -0.25) is 0 Å². The van der Waals surface area contributed by atoms with Gasteiger partial charge < -0.3 is 0 Å². The van der Waals surface area contributed by atoms with Gasteiger partial charge >= 0.3 is 68.3 Å². The Bertz CT molecular complexity index is 107. The van der Waals surface area contributed by atoms with Crippen molar-refractivity contribution in [3.05, 3.63) is 0 Å². The van der Waals surface area contributed by atoms with Crippen LogP contribution < -0.4 is 11.5 Å². The van der Waals surface area contributed by atoms with Gasteiger partial charge in [-0.2, -0.15) is 0 Å². The van der Waals surface area contributed by atoms with E-state index in [2.05, 4.69) is 7.45 Å². The average Bonchev–Trinajstić information content (AvgIpc) is 1.53. The second-order valence-corrected chi connectivity index (χ2v) is 5.05. The predicted octanol–water partition coefficient (Wildman–Crippen LogP) is -1.95. The van der Waals surface area contributed by atoms with E-state index in [0.29, 0.717) is 0 Å².